The van der Waals surface area contributed by atoms with E-state index in [4.69, 9.17) is 4.74 Å². The van der Waals surface area contributed by atoms with Gasteiger partial charge in [-0.05, 0) is 31.0 Å². The Bertz CT molecular complexity index is 516. The largest absolute Gasteiger partial charge is 0.494 e. The van der Waals surface area contributed by atoms with Gasteiger partial charge in [0.15, 0.2) is 0 Å². The Hall–Kier alpha value is -2.23. The quantitative estimate of drug-likeness (QED) is 0.688. The van der Waals surface area contributed by atoms with Gasteiger partial charge in [0, 0.05) is 13.1 Å². The highest BCUT2D eigenvalue weighted by atomic mass is 16.5. The van der Waals surface area contributed by atoms with Gasteiger partial charge in [0.2, 0.25) is 0 Å². The standard InChI is InChI=1S/C17H23N3O/c1-2-9-19-15-12-16(14-18-13-15)20-10-6-11-21-17-7-4-3-5-8-17/h3-5,7-8,12-14,19-20H,2,6,9-11H2,1H3. The molecule has 1 heterocycles. The first kappa shape index (κ1) is 15.2. The molecule has 4 heteroatoms. The van der Waals surface area contributed by atoms with E-state index in [9.17, 15) is 0 Å². The lowest BCUT2D eigenvalue weighted by atomic mass is 10.3. The van der Waals surface area contributed by atoms with E-state index >= 15 is 0 Å². The summed E-state index contributed by atoms with van der Waals surface area (Å²) in [4.78, 5) is 4.23. The Morgan fingerprint density at radius 1 is 1.00 bits per heavy atom. The SMILES string of the molecule is CCCNc1cncc(NCCCOc2ccccc2)c1. The molecule has 0 saturated carbocycles. The third-order valence-electron chi connectivity index (χ3n) is 2.98. The molecular weight excluding hydrogens is 262 g/mol. The molecule has 0 aliphatic rings. The van der Waals surface area contributed by atoms with Gasteiger partial charge in [0.25, 0.3) is 0 Å². The van der Waals surface area contributed by atoms with Crippen LogP contribution in [0.4, 0.5) is 11.4 Å². The lowest BCUT2D eigenvalue weighted by molar-refractivity contribution is 0.315. The molecule has 0 radical (unpaired) electrons. The second kappa shape index (κ2) is 8.84. The molecule has 2 rings (SSSR count). The van der Waals surface area contributed by atoms with Crippen LogP contribution in [-0.2, 0) is 0 Å². The maximum Gasteiger partial charge on any atom is 0.119 e. The van der Waals surface area contributed by atoms with E-state index in [2.05, 4.69) is 28.6 Å². The van der Waals surface area contributed by atoms with Crippen molar-refractivity contribution >= 4 is 11.4 Å². The zero-order chi connectivity index (χ0) is 14.8. The maximum absolute atomic E-state index is 5.65. The van der Waals surface area contributed by atoms with Crippen LogP contribution in [0.5, 0.6) is 5.75 Å². The van der Waals surface area contributed by atoms with Crippen LogP contribution in [0.25, 0.3) is 0 Å². The van der Waals surface area contributed by atoms with Crippen molar-refractivity contribution in [3.05, 3.63) is 48.8 Å². The molecule has 1 aromatic heterocycles. The fourth-order valence-corrected chi connectivity index (χ4v) is 1.91. The topological polar surface area (TPSA) is 46.2 Å². The highest BCUT2D eigenvalue weighted by molar-refractivity contribution is 5.53. The smallest absolute Gasteiger partial charge is 0.119 e. The molecule has 0 aliphatic carbocycles. The maximum atomic E-state index is 5.65. The molecule has 0 saturated heterocycles. The highest BCUT2D eigenvalue weighted by Crippen LogP contribution is 2.13. The fraction of sp³-hybridized carbons (Fsp3) is 0.353. The van der Waals surface area contributed by atoms with Gasteiger partial charge in [-0.25, -0.2) is 0 Å². The van der Waals surface area contributed by atoms with Gasteiger partial charge in [0.05, 0.1) is 30.4 Å². The molecule has 0 fully saturated rings. The van der Waals surface area contributed by atoms with E-state index in [1.165, 1.54) is 0 Å². The molecular formula is C17H23N3O. The molecule has 1 aromatic carbocycles. The minimum Gasteiger partial charge on any atom is -0.494 e. The van der Waals surface area contributed by atoms with E-state index < -0.39 is 0 Å². The van der Waals surface area contributed by atoms with Crippen molar-refractivity contribution in [1.82, 2.24) is 4.98 Å². The van der Waals surface area contributed by atoms with Crippen molar-refractivity contribution < 1.29 is 4.74 Å². The molecule has 2 aromatic rings. The molecule has 0 atom stereocenters. The third-order valence-corrected chi connectivity index (χ3v) is 2.98. The van der Waals surface area contributed by atoms with Crippen LogP contribution in [0.3, 0.4) is 0 Å². The molecule has 0 aliphatic heterocycles. The summed E-state index contributed by atoms with van der Waals surface area (Å²) in [7, 11) is 0. The van der Waals surface area contributed by atoms with Gasteiger partial charge in [-0.3, -0.25) is 4.98 Å². The monoisotopic (exact) mass is 285 g/mol. The third kappa shape index (κ3) is 5.73. The Balaban J connectivity index is 1.66. The molecule has 4 nitrogen and oxygen atoms in total. The minimum atomic E-state index is 0.707. The Morgan fingerprint density at radius 2 is 1.71 bits per heavy atom. The van der Waals surface area contributed by atoms with E-state index in [0.717, 1.165) is 43.1 Å². The van der Waals surface area contributed by atoms with Crippen LogP contribution in [0.1, 0.15) is 19.8 Å². The van der Waals surface area contributed by atoms with Crippen molar-refractivity contribution in [3.8, 4) is 5.75 Å². The number of nitrogens with zero attached hydrogens (tertiary/aromatic N) is 1. The van der Waals surface area contributed by atoms with Gasteiger partial charge in [0.1, 0.15) is 5.75 Å². The Kier molecular flexibility index (Phi) is 6.39. The molecule has 112 valence electrons. The number of aromatic nitrogens is 1. The van der Waals surface area contributed by atoms with Gasteiger partial charge < -0.3 is 15.4 Å². The van der Waals surface area contributed by atoms with Gasteiger partial charge in [-0.2, -0.15) is 0 Å². The lowest BCUT2D eigenvalue weighted by Gasteiger charge is -2.10. The van der Waals surface area contributed by atoms with Gasteiger partial charge in [-0.15, -0.1) is 0 Å². The van der Waals surface area contributed by atoms with E-state index in [0.29, 0.717) is 6.61 Å². The predicted molar refractivity (Wildman–Crippen MR) is 88.1 cm³/mol. The zero-order valence-corrected chi connectivity index (χ0v) is 12.5. The summed E-state index contributed by atoms with van der Waals surface area (Å²) in [5.74, 6) is 0.921. The summed E-state index contributed by atoms with van der Waals surface area (Å²) >= 11 is 0. The first-order valence-corrected chi connectivity index (χ1v) is 7.49. The highest BCUT2D eigenvalue weighted by Gasteiger charge is 1.96. The van der Waals surface area contributed by atoms with Crippen LogP contribution in [0.2, 0.25) is 0 Å². The molecule has 21 heavy (non-hydrogen) atoms. The second-order valence-electron chi connectivity index (χ2n) is 4.83. The van der Waals surface area contributed by atoms with Crippen molar-refractivity contribution in [3.63, 3.8) is 0 Å². The number of hydrogen-bond acceptors (Lipinski definition) is 4. The molecule has 0 amide bonds. The summed E-state index contributed by atoms with van der Waals surface area (Å²) in [6, 6.07) is 12.0. The summed E-state index contributed by atoms with van der Waals surface area (Å²) in [6.07, 6.45) is 5.74. The molecule has 0 spiro atoms. The number of anilines is 2. The first-order chi connectivity index (χ1) is 10.4. The first-order valence-electron chi connectivity index (χ1n) is 7.49. The van der Waals surface area contributed by atoms with Crippen LogP contribution in [0.15, 0.2) is 48.8 Å². The van der Waals surface area contributed by atoms with Gasteiger partial charge in [-0.1, -0.05) is 25.1 Å². The lowest BCUT2D eigenvalue weighted by Crippen LogP contribution is -2.08. The zero-order valence-electron chi connectivity index (χ0n) is 12.5. The predicted octanol–water partition coefficient (Wildman–Crippen LogP) is 3.78. The average molecular weight is 285 g/mol. The summed E-state index contributed by atoms with van der Waals surface area (Å²) < 4.78 is 5.65. The summed E-state index contributed by atoms with van der Waals surface area (Å²) in [5, 5.41) is 6.70. The number of ether oxygens (including phenoxy) is 1. The number of rotatable bonds is 9. The number of pyridine rings is 1. The normalized spacial score (nSPS) is 10.1. The average Bonchev–Trinajstić information content (AvgIpc) is 2.54. The number of para-hydroxylation sites is 1. The van der Waals surface area contributed by atoms with Crippen molar-refractivity contribution in [2.24, 2.45) is 0 Å². The van der Waals surface area contributed by atoms with Crippen molar-refractivity contribution in [1.29, 1.82) is 0 Å². The number of nitrogens with one attached hydrogen (secondary N) is 2. The Labute approximate surface area is 126 Å². The second-order valence-corrected chi connectivity index (χ2v) is 4.83. The van der Waals surface area contributed by atoms with Crippen molar-refractivity contribution in [2.45, 2.75) is 19.8 Å². The molecule has 2 N–H and O–H groups in total. The van der Waals surface area contributed by atoms with E-state index in [-0.39, 0.29) is 0 Å². The van der Waals surface area contributed by atoms with Crippen molar-refractivity contribution in [2.75, 3.05) is 30.3 Å². The molecule has 0 unspecified atom stereocenters. The number of benzene rings is 1. The van der Waals surface area contributed by atoms with E-state index in [1.54, 1.807) is 0 Å². The summed E-state index contributed by atoms with van der Waals surface area (Å²) in [5.41, 5.74) is 2.10. The van der Waals surface area contributed by atoms with Crippen LogP contribution in [-0.4, -0.2) is 24.7 Å². The van der Waals surface area contributed by atoms with Crippen LogP contribution in [0, 0.1) is 0 Å². The fourth-order valence-electron chi connectivity index (χ4n) is 1.91. The van der Waals surface area contributed by atoms with Crippen LogP contribution < -0.4 is 15.4 Å². The Morgan fingerprint density at radius 3 is 2.43 bits per heavy atom. The summed E-state index contributed by atoms with van der Waals surface area (Å²) in [6.45, 7) is 4.69. The number of hydrogen-bond donors (Lipinski definition) is 2. The van der Waals surface area contributed by atoms with E-state index in [1.807, 2.05) is 42.7 Å². The van der Waals surface area contributed by atoms with Gasteiger partial charge >= 0.3 is 0 Å². The minimum absolute atomic E-state index is 0.707. The van der Waals surface area contributed by atoms with Crippen LogP contribution >= 0.6 is 0 Å². The molecule has 0 bridgehead atoms.